The molecule has 0 bridgehead atoms. The number of esters is 1. The number of benzene rings is 1. The van der Waals surface area contributed by atoms with Crippen molar-refractivity contribution in [3.8, 4) is 0 Å². The monoisotopic (exact) mass is 412 g/mol. The largest absolute Gasteiger partial charge is 0.452 e. The summed E-state index contributed by atoms with van der Waals surface area (Å²) in [6.07, 6.45) is -1.20. The smallest absolute Gasteiger partial charge is 0.321 e. The molecular weight excluding hydrogens is 384 g/mol. The van der Waals surface area contributed by atoms with Crippen LogP contribution >= 0.6 is 0 Å². The molecule has 28 heavy (non-hydrogen) atoms. The topological polar surface area (TPSA) is 102 Å². The Balaban J connectivity index is 1.90. The molecule has 2 rings (SSSR count). The number of carbonyl (C=O) groups is 2. The average molecular weight is 413 g/mol. The molecule has 1 fully saturated rings. The van der Waals surface area contributed by atoms with Crippen LogP contribution in [0.4, 0.5) is 0 Å². The summed E-state index contributed by atoms with van der Waals surface area (Å²) in [7, 11) is -3.85. The number of ether oxygens (including phenoxy) is 2. The van der Waals surface area contributed by atoms with Crippen molar-refractivity contribution < 1.29 is 27.5 Å². The van der Waals surface area contributed by atoms with Gasteiger partial charge in [-0.3, -0.25) is 9.59 Å². The second-order valence-electron chi connectivity index (χ2n) is 7.20. The maximum atomic E-state index is 12.5. The molecule has 156 valence electrons. The Bertz CT molecular complexity index is 829. The average Bonchev–Trinajstić information content (AvgIpc) is 2.60. The van der Waals surface area contributed by atoms with Crippen molar-refractivity contribution in [3.05, 3.63) is 29.3 Å². The molecule has 1 aromatic rings. The van der Waals surface area contributed by atoms with Crippen LogP contribution in [0, 0.1) is 13.8 Å². The van der Waals surface area contributed by atoms with Crippen LogP contribution in [0.25, 0.3) is 0 Å². The lowest BCUT2D eigenvalue weighted by Gasteiger charge is -2.36. The van der Waals surface area contributed by atoms with Gasteiger partial charge in [0.2, 0.25) is 10.0 Å². The van der Waals surface area contributed by atoms with Gasteiger partial charge in [0.05, 0.1) is 17.1 Å². The van der Waals surface area contributed by atoms with Gasteiger partial charge < -0.3 is 14.4 Å². The first-order valence-electron chi connectivity index (χ1n) is 9.20. The number of hydrogen-bond donors (Lipinski definition) is 1. The minimum Gasteiger partial charge on any atom is -0.452 e. The molecule has 1 amide bonds. The first-order chi connectivity index (χ1) is 13.0. The Labute approximate surface area is 166 Å². The zero-order chi connectivity index (χ0) is 21.1. The van der Waals surface area contributed by atoms with Gasteiger partial charge in [-0.2, -0.15) is 4.72 Å². The molecule has 0 saturated carbocycles. The molecule has 1 saturated heterocycles. The number of aryl methyl sites for hydroxylation is 2. The third-order valence-electron chi connectivity index (χ3n) is 4.58. The summed E-state index contributed by atoms with van der Waals surface area (Å²) in [5, 5.41) is 0. The van der Waals surface area contributed by atoms with Gasteiger partial charge in [0, 0.05) is 13.1 Å². The van der Waals surface area contributed by atoms with Crippen LogP contribution in [0.1, 0.15) is 31.9 Å². The first-order valence-corrected chi connectivity index (χ1v) is 10.7. The number of nitrogens with one attached hydrogen (secondary N) is 1. The fourth-order valence-corrected chi connectivity index (χ4v) is 4.08. The minimum atomic E-state index is -3.85. The quantitative estimate of drug-likeness (QED) is 0.704. The summed E-state index contributed by atoms with van der Waals surface area (Å²) in [5.41, 5.74) is 1.80. The van der Waals surface area contributed by atoms with E-state index < -0.39 is 28.6 Å². The highest BCUT2D eigenvalue weighted by molar-refractivity contribution is 7.89. The number of sulfonamides is 1. The van der Waals surface area contributed by atoms with Crippen LogP contribution in [0.15, 0.2) is 23.1 Å². The summed E-state index contributed by atoms with van der Waals surface area (Å²) in [6, 6.07) is 4.71. The molecule has 0 aromatic heterocycles. The molecule has 0 spiro atoms. The van der Waals surface area contributed by atoms with Crippen molar-refractivity contribution in [1.29, 1.82) is 0 Å². The number of morpholine rings is 1. The van der Waals surface area contributed by atoms with Crippen molar-refractivity contribution in [1.82, 2.24) is 9.62 Å². The predicted molar refractivity (Wildman–Crippen MR) is 103 cm³/mol. The van der Waals surface area contributed by atoms with Gasteiger partial charge in [-0.25, -0.2) is 8.42 Å². The minimum absolute atomic E-state index is 0.0730. The molecule has 3 atom stereocenters. The molecule has 0 aliphatic carbocycles. The molecule has 8 nitrogen and oxygen atoms in total. The first kappa shape index (κ1) is 22.3. The highest BCUT2D eigenvalue weighted by Crippen LogP contribution is 2.15. The third-order valence-corrected chi connectivity index (χ3v) is 5.98. The summed E-state index contributed by atoms with van der Waals surface area (Å²) in [5.74, 6) is -1.14. The van der Waals surface area contributed by atoms with Gasteiger partial charge in [0.1, 0.15) is 6.54 Å². The summed E-state index contributed by atoms with van der Waals surface area (Å²) in [4.78, 5) is 26.2. The van der Waals surface area contributed by atoms with E-state index in [1.165, 1.54) is 19.1 Å². The Kier molecular flexibility index (Phi) is 7.19. The van der Waals surface area contributed by atoms with Gasteiger partial charge in [-0.1, -0.05) is 6.07 Å². The van der Waals surface area contributed by atoms with Crippen molar-refractivity contribution >= 4 is 21.9 Å². The summed E-state index contributed by atoms with van der Waals surface area (Å²) >= 11 is 0. The standard InChI is InChI=1S/C19H28N2O6S/c1-12-6-7-17(8-13(12)2)28(24,25)20-9-18(22)27-16(5)19(23)21-10-14(3)26-15(4)11-21/h6-8,14-16,20H,9-11H2,1-5H3. The molecule has 3 unspecified atom stereocenters. The SMILES string of the molecule is Cc1ccc(S(=O)(=O)NCC(=O)OC(C)C(=O)N2CC(C)OC(C)C2)cc1C. The van der Waals surface area contributed by atoms with Crippen molar-refractivity contribution in [2.24, 2.45) is 0 Å². The fourth-order valence-electron chi connectivity index (χ4n) is 3.02. The maximum Gasteiger partial charge on any atom is 0.321 e. The Hall–Kier alpha value is -1.97. The molecule has 1 aliphatic rings. The zero-order valence-corrected chi connectivity index (χ0v) is 17.7. The van der Waals surface area contributed by atoms with E-state index in [-0.39, 0.29) is 23.0 Å². The van der Waals surface area contributed by atoms with Crippen LogP contribution < -0.4 is 4.72 Å². The van der Waals surface area contributed by atoms with Crippen LogP contribution in [-0.2, 0) is 29.1 Å². The van der Waals surface area contributed by atoms with Crippen LogP contribution in [0.2, 0.25) is 0 Å². The molecule has 9 heteroatoms. The van der Waals surface area contributed by atoms with E-state index in [1.54, 1.807) is 11.0 Å². The van der Waals surface area contributed by atoms with Gasteiger partial charge in [-0.05, 0) is 57.9 Å². The van der Waals surface area contributed by atoms with Crippen LogP contribution in [-0.4, -0.2) is 63.1 Å². The van der Waals surface area contributed by atoms with Crippen LogP contribution in [0.5, 0.6) is 0 Å². The van der Waals surface area contributed by atoms with E-state index in [0.717, 1.165) is 11.1 Å². The molecule has 1 N–H and O–H groups in total. The van der Waals surface area contributed by atoms with Gasteiger partial charge in [0.25, 0.3) is 5.91 Å². The molecule has 0 radical (unpaired) electrons. The van der Waals surface area contributed by atoms with Crippen molar-refractivity contribution in [3.63, 3.8) is 0 Å². The van der Waals surface area contributed by atoms with Gasteiger partial charge in [0.15, 0.2) is 6.10 Å². The highest BCUT2D eigenvalue weighted by atomic mass is 32.2. The second-order valence-corrected chi connectivity index (χ2v) is 8.97. The van der Waals surface area contributed by atoms with E-state index >= 15 is 0 Å². The van der Waals surface area contributed by atoms with Crippen LogP contribution in [0.3, 0.4) is 0 Å². The second kappa shape index (κ2) is 9.02. The third kappa shape index (κ3) is 5.76. The number of hydrogen-bond acceptors (Lipinski definition) is 6. The number of amides is 1. The van der Waals surface area contributed by atoms with E-state index in [0.29, 0.717) is 13.1 Å². The maximum absolute atomic E-state index is 12.5. The van der Waals surface area contributed by atoms with E-state index in [1.807, 2.05) is 27.7 Å². The Morgan fingerprint density at radius 2 is 1.82 bits per heavy atom. The highest BCUT2D eigenvalue weighted by Gasteiger charge is 2.30. The zero-order valence-electron chi connectivity index (χ0n) is 16.9. The molecular formula is C19H28N2O6S. The fraction of sp³-hybridized carbons (Fsp3) is 0.579. The lowest BCUT2D eigenvalue weighted by atomic mass is 10.1. The van der Waals surface area contributed by atoms with E-state index in [9.17, 15) is 18.0 Å². The number of nitrogens with zero attached hydrogens (tertiary/aromatic N) is 1. The van der Waals surface area contributed by atoms with Gasteiger partial charge in [-0.15, -0.1) is 0 Å². The van der Waals surface area contributed by atoms with E-state index in [2.05, 4.69) is 4.72 Å². The van der Waals surface area contributed by atoms with E-state index in [4.69, 9.17) is 9.47 Å². The normalized spacial score (nSPS) is 21.2. The van der Waals surface area contributed by atoms with Crippen molar-refractivity contribution in [2.75, 3.05) is 19.6 Å². The summed E-state index contributed by atoms with van der Waals surface area (Å²) < 4.78 is 37.6. The number of carbonyl (C=O) groups excluding carboxylic acids is 2. The Morgan fingerprint density at radius 3 is 2.39 bits per heavy atom. The molecule has 1 heterocycles. The molecule has 1 aliphatic heterocycles. The van der Waals surface area contributed by atoms with Gasteiger partial charge >= 0.3 is 5.97 Å². The Morgan fingerprint density at radius 1 is 1.21 bits per heavy atom. The lowest BCUT2D eigenvalue weighted by Crippen LogP contribution is -2.51. The summed E-state index contributed by atoms with van der Waals surface area (Å²) in [6.45, 7) is 9.19. The van der Waals surface area contributed by atoms with Crippen molar-refractivity contribution in [2.45, 2.75) is 57.8 Å². The molecule has 1 aromatic carbocycles. The predicted octanol–water partition coefficient (Wildman–Crippen LogP) is 1.15. The lowest BCUT2D eigenvalue weighted by molar-refractivity contribution is -0.163. The number of rotatable bonds is 6.